The third-order valence-electron chi connectivity index (χ3n) is 2.73. The van der Waals surface area contributed by atoms with Gasteiger partial charge < -0.3 is 15.8 Å². The Labute approximate surface area is 121 Å². The summed E-state index contributed by atoms with van der Waals surface area (Å²) in [6, 6.07) is 10.6. The minimum atomic E-state index is -0.509. The van der Waals surface area contributed by atoms with E-state index in [0.29, 0.717) is 23.1 Å². The normalized spacial score (nSPS) is 10.1. The summed E-state index contributed by atoms with van der Waals surface area (Å²) in [6.45, 7) is 0.460. The fourth-order valence-corrected chi connectivity index (χ4v) is 1.85. The molecule has 0 saturated heterocycles. The number of nitrogens with zero attached hydrogens (tertiary/aromatic N) is 1. The monoisotopic (exact) mass is 291 g/mol. The van der Waals surface area contributed by atoms with Crippen molar-refractivity contribution in [3.63, 3.8) is 0 Å². The van der Waals surface area contributed by atoms with Gasteiger partial charge in [-0.05, 0) is 23.8 Å². The molecule has 2 aromatic rings. The second-order valence-corrected chi connectivity index (χ2v) is 4.48. The topological polar surface area (TPSA) is 77.2 Å². The second-order valence-electron chi connectivity index (χ2n) is 4.07. The maximum Gasteiger partial charge on any atom is 0.356 e. The van der Waals surface area contributed by atoms with Crippen molar-refractivity contribution >= 4 is 29.1 Å². The number of rotatable bonds is 4. The molecule has 0 aliphatic rings. The van der Waals surface area contributed by atoms with Crippen LogP contribution in [0.5, 0.6) is 0 Å². The fourth-order valence-electron chi connectivity index (χ4n) is 1.65. The number of carbonyl (C=O) groups excluding carboxylic acids is 1. The van der Waals surface area contributed by atoms with E-state index in [1.165, 1.54) is 13.2 Å². The molecule has 104 valence electrons. The molecule has 0 bridgehead atoms. The van der Waals surface area contributed by atoms with Gasteiger partial charge in [0, 0.05) is 11.6 Å². The highest BCUT2D eigenvalue weighted by atomic mass is 35.5. The van der Waals surface area contributed by atoms with E-state index in [1.807, 2.05) is 18.2 Å². The molecule has 20 heavy (non-hydrogen) atoms. The second kappa shape index (κ2) is 6.25. The summed E-state index contributed by atoms with van der Waals surface area (Å²) >= 11 is 6.07. The lowest BCUT2D eigenvalue weighted by Gasteiger charge is -2.10. The van der Waals surface area contributed by atoms with Gasteiger partial charge in [0.25, 0.3) is 0 Å². The summed E-state index contributed by atoms with van der Waals surface area (Å²) in [5.41, 5.74) is 7.39. The van der Waals surface area contributed by atoms with Gasteiger partial charge in [-0.2, -0.15) is 0 Å². The van der Waals surface area contributed by atoms with Crippen molar-refractivity contribution in [3.05, 3.63) is 52.7 Å². The number of carbonyl (C=O) groups is 1. The number of nitrogens with two attached hydrogens (primary N) is 1. The van der Waals surface area contributed by atoms with Crippen LogP contribution in [0.3, 0.4) is 0 Å². The van der Waals surface area contributed by atoms with Crippen molar-refractivity contribution in [3.8, 4) is 0 Å². The Morgan fingerprint density at radius 3 is 2.80 bits per heavy atom. The zero-order chi connectivity index (χ0) is 14.5. The molecular weight excluding hydrogens is 278 g/mol. The highest BCUT2D eigenvalue weighted by Gasteiger charge is 2.10. The van der Waals surface area contributed by atoms with Gasteiger partial charge >= 0.3 is 5.97 Å². The molecule has 0 radical (unpaired) electrons. The number of pyridine rings is 1. The van der Waals surface area contributed by atoms with Crippen LogP contribution in [0.15, 0.2) is 36.4 Å². The molecule has 0 aliphatic carbocycles. The quantitative estimate of drug-likeness (QED) is 0.847. The fraction of sp³-hybridized carbons (Fsp3) is 0.143. The molecule has 1 heterocycles. The number of hydrogen-bond acceptors (Lipinski definition) is 5. The number of nitrogen functional groups attached to an aromatic ring is 1. The van der Waals surface area contributed by atoms with E-state index < -0.39 is 5.97 Å². The van der Waals surface area contributed by atoms with Crippen molar-refractivity contribution in [2.24, 2.45) is 0 Å². The van der Waals surface area contributed by atoms with Gasteiger partial charge in [0.15, 0.2) is 5.69 Å². The average molecular weight is 292 g/mol. The Balaban J connectivity index is 2.17. The van der Waals surface area contributed by atoms with Gasteiger partial charge in [-0.1, -0.05) is 29.8 Å². The number of hydrogen-bond donors (Lipinski definition) is 2. The molecule has 0 unspecified atom stereocenters. The lowest BCUT2D eigenvalue weighted by Crippen LogP contribution is -2.10. The minimum Gasteiger partial charge on any atom is -0.464 e. The standard InChI is InChI=1S/C14H14ClN3O2/c1-20-14(19)12-7-6-11(16)13(18-12)17-8-9-4-2-3-5-10(9)15/h2-7H,8,16H2,1H3,(H,17,18). The van der Waals surface area contributed by atoms with Crippen LogP contribution >= 0.6 is 11.6 Å². The Hall–Kier alpha value is -2.27. The van der Waals surface area contributed by atoms with E-state index in [-0.39, 0.29) is 5.69 Å². The zero-order valence-electron chi connectivity index (χ0n) is 10.9. The number of ether oxygens (including phenoxy) is 1. The summed E-state index contributed by atoms with van der Waals surface area (Å²) in [6.07, 6.45) is 0. The van der Waals surface area contributed by atoms with E-state index in [9.17, 15) is 4.79 Å². The Kier molecular flexibility index (Phi) is 4.42. The SMILES string of the molecule is COC(=O)c1ccc(N)c(NCc2ccccc2Cl)n1. The van der Waals surface area contributed by atoms with Crippen LogP contribution in [0.1, 0.15) is 16.1 Å². The van der Waals surface area contributed by atoms with Gasteiger partial charge in [0.05, 0.1) is 12.8 Å². The van der Waals surface area contributed by atoms with Gasteiger partial charge in [-0.3, -0.25) is 0 Å². The first kappa shape index (κ1) is 14.1. The van der Waals surface area contributed by atoms with Crippen molar-refractivity contribution < 1.29 is 9.53 Å². The number of esters is 1. The summed E-state index contributed by atoms with van der Waals surface area (Å²) < 4.78 is 4.62. The van der Waals surface area contributed by atoms with Crippen molar-refractivity contribution in [1.82, 2.24) is 4.98 Å². The molecule has 3 N–H and O–H groups in total. The number of anilines is 2. The third-order valence-corrected chi connectivity index (χ3v) is 3.09. The van der Waals surface area contributed by atoms with Crippen LogP contribution in [-0.2, 0) is 11.3 Å². The van der Waals surface area contributed by atoms with E-state index >= 15 is 0 Å². The first-order valence-electron chi connectivity index (χ1n) is 5.94. The van der Waals surface area contributed by atoms with E-state index in [0.717, 1.165) is 5.56 Å². The molecule has 1 aromatic heterocycles. The van der Waals surface area contributed by atoms with Crippen molar-refractivity contribution in [1.29, 1.82) is 0 Å². The Morgan fingerprint density at radius 1 is 1.35 bits per heavy atom. The van der Waals surface area contributed by atoms with Crippen molar-refractivity contribution in [2.45, 2.75) is 6.54 Å². The lowest BCUT2D eigenvalue weighted by atomic mass is 10.2. The number of nitrogens with one attached hydrogen (secondary N) is 1. The van der Waals surface area contributed by atoms with Gasteiger partial charge in [-0.15, -0.1) is 0 Å². The number of aromatic nitrogens is 1. The zero-order valence-corrected chi connectivity index (χ0v) is 11.6. The van der Waals surface area contributed by atoms with Crippen LogP contribution in [0.2, 0.25) is 5.02 Å². The summed E-state index contributed by atoms with van der Waals surface area (Å²) in [7, 11) is 1.30. The molecule has 0 amide bonds. The van der Waals surface area contributed by atoms with Crippen molar-refractivity contribution in [2.75, 3.05) is 18.2 Å². The third kappa shape index (κ3) is 3.19. The Morgan fingerprint density at radius 2 is 2.10 bits per heavy atom. The van der Waals surface area contributed by atoms with E-state index in [2.05, 4.69) is 15.0 Å². The van der Waals surface area contributed by atoms with Crippen LogP contribution in [0, 0.1) is 0 Å². The lowest BCUT2D eigenvalue weighted by molar-refractivity contribution is 0.0594. The predicted octanol–water partition coefficient (Wildman–Crippen LogP) is 2.72. The average Bonchev–Trinajstić information content (AvgIpc) is 2.47. The Bertz CT molecular complexity index is 632. The molecule has 1 aromatic carbocycles. The molecular formula is C14H14ClN3O2. The first-order valence-corrected chi connectivity index (χ1v) is 6.31. The maximum absolute atomic E-state index is 11.4. The number of benzene rings is 1. The summed E-state index contributed by atoms with van der Waals surface area (Å²) in [5.74, 6) is -0.0846. The van der Waals surface area contributed by atoms with Crippen LogP contribution in [0.4, 0.5) is 11.5 Å². The maximum atomic E-state index is 11.4. The predicted molar refractivity (Wildman–Crippen MR) is 78.8 cm³/mol. The largest absolute Gasteiger partial charge is 0.464 e. The molecule has 0 fully saturated rings. The summed E-state index contributed by atoms with van der Waals surface area (Å²) in [5, 5.41) is 3.72. The molecule has 5 nitrogen and oxygen atoms in total. The molecule has 0 spiro atoms. The van der Waals surface area contributed by atoms with Gasteiger partial charge in [-0.25, -0.2) is 9.78 Å². The minimum absolute atomic E-state index is 0.198. The van der Waals surface area contributed by atoms with Gasteiger partial charge in [0.2, 0.25) is 0 Å². The number of halogens is 1. The highest BCUT2D eigenvalue weighted by Crippen LogP contribution is 2.20. The molecule has 6 heteroatoms. The molecule has 2 rings (SSSR count). The molecule has 0 aliphatic heterocycles. The van der Waals surface area contributed by atoms with E-state index in [1.54, 1.807) is 12.1 Å². The van der Waals surface area contributed by atoms with Gasteiger partial charge in [0.1, 0.15) is 5.82 Å². The first-order chi connectivity index (χ1) is 9.61. The number of methoxy groups -OCH3 is 1. The smallest absolute Gasteiger partial charge is 0.356 e. The van der Waals surface area contributed by atoms with Crippen LogP contribution in [-0.4, -0.2) is 18.1 Å². The van der Waals surface area contributed by atoms with Crippen LogP contribution < -0.4 is 11.1 Å². The highest BCUT2D eigenvalue weighted by molar-refractivity contribution is 6.31. The molecule has 0 atom stereocenters. The summed E-state index contributed by atoms with van der Waals surface area (Å²) in [4.78, 5) is 15.6. The van der Waals surface area contributed by atoms with E-state index in [4.69, 9.17) is 17.3 Å². The van der Waals surface area contributed by atoms with Crippen LogP contribution in [0.25, 0.3) is 0 Å². The molecule has 0 saturated carbocycles.